The van der Waals surface area contributed by atoms with Gasteiger partial charge in [0.2, 0.25) is 0 Å². The summed E-state index contributed by atoms with van der Waals surface area (Å²) >= 11 is 1.58. The van der Waals surface area contributed by atoms with E-state index in [1.807, 2.05) is 35.2 Å². The Bertz CT molecular complexity index is 687. The summed E-state index contributed by atoms with van der Waals surface area (Å²) in [5, 5.41) is 17.1. The maximum absolute atomic E-state index is 5.33. The lowest BCUT2D eigenvalue weighted by atomic mass is 10.4. The summed E-state index contributed by atoms with van der Waals surface area (Å²) in [5.74, 6) is 3.40. The number of furan rings is 1. The lowest BCUT2D eigenvalue weighted by molar-refractivity contribution is 0.484. The Morgan fingerprint density at radius 2 is 2.20 bits per heavy atom. The molecule has 3 aromatic heterocycles. The van der Waals surface area contributed by atoms with Crippen molar-refractivity contribution in [3.8, 4) is 0 Å². The normalized spacial score (nSPS) is 11.1. The van der Waals surface area contributed by atoms with Crippen LogP contribution in [0.1, 0.15) is 17.4 Å². The molecule has 0 aliphatic rings. The van der Waals surface area contributed by atoms with Crippen LogP contribution >= 0.6 is 11.8 Å². The number of thioether (sulfide) groups is 1. The standard InChI is InChI=1S/C12H14N6OS/c1-9-14-15-11(17(9)2)7-20-12-16-13-8-18(12)6-10-4-3-5-19-10/h3-5,8H,6-7H2,1-2H3. The Labute approximate surface area is 120 Å². The van der Waals surface area contributed by atoms with Gasteiger partial charge in [0.15, 0.2) is 5.16 Å². The molecule has 0 saturated carbocycles. The van der Waals surface area contributed by atoms with Gasteiger partial charge in [-0.05, 0) is 19.1 Å². The van der Waals surface area contributed by atoms with Gasteiger partial charge in [0.1, 0.15) is 23.7 Å². The van der Waals surface area contributed by atoms with Crippen LogP contribution in [0.5, 0.6) is 0 Å². The summed E-state index contributed by atoms with van der Waals surface area (Å²) in [6.45, 7) is 2.56. The van der Waals surface area contributed by atoms with Crippen LogP contribution in [0.15, 0.2) is 34.3 Å². The van der Waals surface area contributed by atoms with E-state index in [9.17, 15) is 0 Å². The maximum atomic E-state index is 5.33. The minimum absolute atomic E-state index is 0.625. The zero-order chi connectivity index (χ0) is 13.9. The van der Waals surface area contributed by atoms with Crippen LogP contribution in [-0.2, 0) is 19.3 Å². The van der Waals surface area contributed by atoms with Gasteiger partial charge in [0.05, 0.1) is 18.6 Å². The zero-order valence-electron chi connectivity index (χ0n) is 11.2. The van der Waals surface area contributed by atoms with E-state index in [0.29, 0.717) is 12.3 Å². The van der Waals surface area contributed by atoms with Crippen molar-refractivity contribution in [3.05, 3.63) is 42.1 Å². The van der Waals surface area contributed by atoms with Gasteiger partial charge in [-0.15, -0.1) is 20.4 Å². The van der Waals surface area contributed by atoms with Crippen molar-refractivity contribution in [1.82, 2.24) is 29.5 Å². The molecule has 0 aliphatic heterocycles. The molecular formula is C12H14N6OS. The molecule has 0 saturated heterocycles. The molecule has 104 valence electrons. The highest BCUT2D eigenvalue weighted by Crippen LogP contribution is 2.20. The van der Waals surface area contributed by atoms with E-state index < -0.39 is 0 Å². The van der Waals surface area contributed by atoms with Crippen LogP contribution in [-0.4, -0.2) is 29.5 Å². The third-order valence-electron chi connectivity index (χ3n) is 3.00. The number of hydrogen-bond donors (Lipinski definition) is 0. The number of hydrogen-bond acceptors (Lipinski definition) is 6. The van der Waals surface area contributed by atoms with Crippen molar-refractivity contribution < 1.29 is 4.42 Å². The molecule has 0 radical (unpaired) electrons. The first-order valence-electron chi connectivity index (χ1n) is 6.12. The molecule has 8 heteroatoms. The predicted molar refractivity (Wildman–Crippen MR) is 73.1 cm³/mol. The molecule has 20 heavy (non-hydrogen) atoms. The van der Waals surface area contributed by atoms with E-state index >= 15 is 0 Å². The molecule has 0 fully saturated rings. The van der Waals surface area contributed by atoms with Gasteiger partial charge in [-0.25, -0.2) is 0 Å². The molecule has 0 aromatic carbocycles. The van der Waals surface area contributed by atoms with Crippen LogP contribution in [0, 0.1) is 6.92 Å². The summed E-state index contributed by atoms with van der Waals surface area (Å²) in [4.78, 5) is 0. The first kappa shape index (κ1) is 12.9. The zero-order valence-corrected chi connectivity index (χ0v) is 12.0. The van der Waals surface area contributed by atoms with Crippen molar-refractivity contribution in [3.63, 3.8) is 0 Å². The summed E-state index contributed by atoms with van der Waals surface area (Å²) in [6.07, 6.45) is 3.36. The van der Waals surface area contributed by atoms with Crippen LogP contribution < -0.4 is 0 Å². The van der Waals surface area contributed by atoms with Gasteiger partial charge >= 0.3 is 0 Å². The molecule has 0 aliphatic carbocycles. The first-order valence-corrected chi connectivity index (χ1v) is 7.10. The molecular weight excluding hydrogens is 276 g/mol. The lowest BCUT2D eigenvalue weighted by Crippen LogP contribution is -2.01. The second-order valence-electron chi connectivity index (χ2n) is 4.33. The Morgan fingerprint density at radius 1 is 1.30 bits per heavy atom. The minimum atomic E-state index is 0.625. The highest BCUT2D eigenvalue weighted by atomic mass is 32.2. The quantitative estimate of drug-likeness (QED) is 0.665. The Kier molecular flexibility index (Phi) is 3.55. The largest absolute Gasteiger partial charge is 0.467 e. The molecule has 7 nitrogen and oxygen atoms in total. The number of aryl methyl sites for hydroxylation is 1. The van der Waals surface area contributed by atoms with Crippen LogP contribution in [0.3, 0.4) is 0 Å². The fourth-order valence-electron chi connectivity index (χ4n) is 1.74. The molecule has 0 spiro atoms. The average Bonchev–Trinajstić information content (AvgIpc) is 3.15. The van der Waals surface area contributed by atoms with E-state index in [0.717, 1.165) is 22.6 Å². The second kappa shape index (κ2) is 5.49. The van der Waals surface area contributed by atoms with Crippen LogP contribution in [0.2, 0.25) is 0 Å². The minimum Gasteiger partial charge on any atom is -0.467 e. The summed E-state index contributed by atoms with van der Waals surface area (Å²) < 4.78 is 9.26. The van der Waals surface area contributed by atoms with Crippen molar-refractivity contribution in [2.45, 2.75) is 24.4 Å². The van der Waals surface area contributed by atoms with Gasteiger partial charge in [-0.1, -0.05) is 11.8 Å². The lowest BCUT2D eigenvalue weighted by Gasteiger charge is -2.04. The fourth-order valence-corrected chi connectivity index (χ4v) is 2.63. The fraction of sp³-hybridized carbons (Fsp3) is 0.333. The third kappa shape index (κ3) is 2.60. The third-order valence-corrected chi connectivity index (χ3v) is 3.98. The SMILES string of the molecule is Cc1nnc(CSc2nncn2Cc2ccco2)n1C. The van der Waals surface area contributed by atoms with Gasteiger partial charge in [0.25, 0.3) is 0 Å². The van der Waals surface area contributed by atoms with Crippen LogP contribution in [0.25, 0.3) is 0 Å². The highest BCUT2D eigenvalue weighted by molar-refractivity contribution is 7.98. The van der Waals surface area contributed by atoms with Crippen molar-refractivity contribution in [1.29, 1.82) is 0 Å². The first-order chi connectivity index (χ1) is 9.74. The number of aromatic nitrogens is 6. The van der Waals surface area contributed by atoms with Crippen molar-refractivity contribution in [2.75, 3.05) is 0 Å². The Morgan fingerprint density at radius 3 is 2.90 bits per heavy atom. The second-order valence-corrected chi connectivity index (χ2v) is 5.27. The van der Waals surface area contributed by atoms with E-state index in [1.54, 1.807) is 24.4 Å². The molecule has 3 rings (SSSR count). The molecule has 0 N–H and O–H groups in total. The Hall–Kier alpha value is -2.09. The Balaban J connectivity index is 1.69. The van der Waals surface area contributed by atoms with Gasteiger partial charge < -0.3 is 13.6 Å². The average molecular weight is 290 g/mol. The summed E-state index contributed by atoms with van der Waals surface area (Å²) in [5.41, 5.74) is 0. The van der Waals surface area contributed by atoms with E-state index in [1.165, 1.54) is 0 Å². The van der Waals surface area contributed by atoms with Gasteiger partial charge in [-0.2, -0.15) is 0 Å². The highest BCUT2D eigenvalue weighted by Gasteiger charge is 2.10. The predicted octanol–water partition coefficient (Wildman–Crippen LogP) is 1.65. The van der Waals surface area contributed by atoms with Crippen molar-refractivity contribution in [2.24, 2.45) is 7.05 Å². The molecule has 3 heterocycles. The molecule has 0 amide bonds. The van der Waals surface area contributed by atoms with Crippen molar-refractivity contribution >= 4 is 11.8 Å². The maximum Gasteiger partial charge on any atom is 0.191 e. The van der Waals surface area contributed by atoms with E-state index in [-0.39, 0.29) is 0 Å². The van der Waals surface area contributed by atoms with E-state index in [4.69, 9.17) is 4.42 Å². The molecule has 3 aromatic rings. The van der Waals surface area contributed by atoms with Gasteiger partial charge in [-0.3, -0.25) is 0 Å². The monoisotopic (exact) mass is 290 g/mol. The van der Waals surface area contributed by atoms with Gasteiger partial charge in [0, 0.05) is 7.05 Å². The van der Waals surface area contributed by atoms with Crippen LogP contribution in [0.4, 0.5) is 0 Å². The summed E-state index contributed by atoms with van der Waals surface area (Å²) in [7, 11) is 1.96. The molecule has 0 unspecified atom stereocenters. The smallest absolute Gasteiger partial charge is 0.191 e. The van der Waals surface area contributed by atoms with E-state index in [2.05, 4.69) is 20.4 Å². The number of nitrogens with zero attached hydrogens (tertiary/aromatic N) is 6. The topological polar surface area (TPSA) is 74.6 Å². The molecule has 0 atom stereocenters. The number of rotatable bonds is 5. The summed E-state index contributed by atoms with van der Waals surface area (Å²) in [6, 6.07) is 3.80. The molecule has 0 bridgehead atoms.